The first-order valence-electron chi connectivity index (χ1n) is 5.63. The minimum Gasteiger partial charge on any atom is -0.220 e. The standard InChI is InChI=1S/C10H20N4S/c1-4-5-6-7-15-10-11-12-13-14(10)8-9(2)3/h9H,4-8H2,1-3H3. The lowest BCUT2D eigenvalue weighted by Crippen LogP contribution is -2.07. The van der Waals surface area contributed by atoms with Crippen LogP contribution in [0.15, 0.2) is 5.16 Å². The number of tetrazole rings is 1. The molecular weight excluding hydrogens is 208 g/mol. The molecule has 0 N–H and O–H groups in total. The lowest BCUT2D eigenvalue weighted by molar-refractivity contribution is 0.445. The van der Waals surface area contributed by atoms with Crippen molar-refractivity contribution in [3.05, 3.63) is 0 Å². The van der Waals surface area contributed by atoms with Gasteiger partial charge in [-0.3, -0.25) is 0 Å². The van der Waals surface area contributed by atoms with E-state index in [1.165, 1.54) is 19.3 Å². The summed E-state index contributed by atoms with van der Waals surface area (Å²) < 4.78 is 1.90. The molecule has 1 aromatic rings. The average molecular weight is 228 g/mol. The minimum atomic E-state index is 0.587. The number of unbranched alkanes of at least 4 members (excludes halogenated alkanes) is 2. The van der Waals surface area contributed by atoms with Crippen molar-refractivity contribution in [3.63, 3.8) is 0 Å². The molecule has 0 aromatic carbocycles. The molecule has 0 aliphatic heterocycles. The van der Waals surface area contributed by atoms with Crippen LogP contribution < -0.4 is 0 Å². The van der Waals surface area contributed by atoms with Gasteiger partial charge in [0.25, 0.3) is 0 Å². The highest BCUT2D eigenvalue weighted by Gasteiger charge is 2.07. The van der Waals surface area contributed by atoms with Crippen molar-refractivity contribution in [3.8, 4) is 0 Å². The first kappa shape index (κ1) is 12.5. The smallest absolute Gasteiger partial charge is 0.209 e. The molecule has 0 aliphatic carbocycles. The van der Waals surface area contributed by atoms with E-state index >= 15 is 0 Å². The molecule has 0 spiro atoms. The largest absolute Gasteiger partial charge is 0.220 e. The van der Waals surface area contributed by atoms with Crippen molar-refractivity contribution < 1.29 is 0 Å². The summed E-state index contributed by atoms with van der Waals surface area (Å²) in [6.07, 6.45) is 3.80. The Bertz CT molecular complexity index is 272. The van der Waals surface area contributed by atoms with Gasteiger partial charge in [-0.15, -0.1) is 5.10 Å². The molecule has 0 fully saturated rings. The quantitative estimate of drug-likeness (QED) is 0.531. The van der Waals surface area contributed by atoms with Gasteiger partial charge < -0.3 is 0 Å². The Balaban J connectivity index is 2.36. The summed E-state index contributed by atoms with van der Waals surface area (Å²) in [5.74, 6) is 1.70. The molecule has 1 heterocycles. The summed E-state index contributed by atoms with van der Waals surface area (Å²) in [6.45, 7) is 7.47. The predicted octanol–water partition coefficient (Wildman–Crippen LogP) is 2.61. The Labute approximate surface area is 95.8 Å². The fraction of sp³-hybridized carbons (Fsp3) is 0.900. The summed E-state index contributed by atoms with van der Waals surface area (Å²) >= 11 is 1.76. The van der Waals surface area contributed by atoms with Crippen LogP contribution in [-0.2, 0) is 6.54 Å². The van der Waals surface area contributed by atoms with Crippen LogP contribution in [-0.4, -0.2) is 26.0 Å². The third-order valence-corrected chi connectivity index (χ3v) is 3.06. The van der Waals surface area contributed by atoms with E-state index in [2.05, 4.69) is 36.3 Å². The second-order valence-electron chi connectivity index (χ2n) is 4.09. The van der Waals surface area contributed by atoms with Crippen LogP contribution in [0.25, 0.3) is 0 Å². The number of thioether (sulfide) groups is 1. The summed E-state index contributed by atoms with van der Waals surface area (Å²) in [7, 11) is 0. The first-order valence-corrected chi connectivity index (χ1v) is 6.61. The van der Waals surface area contributed by atoms with Crippen LogP contribution in [0, 0.1) is 5.92 Å². The normalized spacial score (nSPS) is 11.2. The minimum absolute atomic E-state index is 0.587. The Hall–Kier alpha value is -0.580. The third-order valence-electron chi connectivity index (χ3n) is 2.02. The van der Waals surface area contributed by atoms with Crippen molar-refractivity contribution in [2.45, 2.75) is 51.7 Å². The van der Waals surface area contributed by atoms with Crippen LogP contribution in [0.4, 0.5) is 0 Å². The highest BCUT2D eigenvalue weighted by molar-refractivity contribution is 7.99. The molecule has 0 bridgehead atoms. The molecule has 0 amide bonds. The van der Waals surface area contributed by atoms with Gasteiger partial charge in [0.1, 0.15) is 0 Å². The van der Waals surface area contributed by atoms with Crippen LogP contribution in [0.3, 0.4) is 0 Å². The Morgan fingerprint density at radius 3 is 2.80 bits per heavy atom. The maximum Gasteiger partial charge on any atom is 0.209 e. The van der Waals surface area contributed by atoms with Gasteiger partial charge in [-0.2, -0.15) is 0 Å². The second kappa shape index (κ2) is 6.82. The predicted molar refractivity (Wildman–Crippen MR) is 62.9 cm³/mol. The number of hydrogen-bond donors (Lipinski definition) is 0. The van der Waals surface area contributed by atoms with Crippen molar-refractivity contribution >= 4 is 11.8 Å². The van der Waals surface area contributed by atoms with E-state index in [1.807, 2.05) is 4.68 Å². The fourth-order valence-corrected chi connectivity index (χ4v) is 2.16. The van der Waals surface area contributed by atoms with Crippen molar-refractivity contribution in [1.29, 1.82) is 0 Å². The fourth-order valence-electron chi connectivity index (χ4n) is 1.28. The molecule has 1 rings (SSSR count). The lowest BCUT2D eigenvalue weighted by Gasteiger charge is -2.06. The zero-order valence-corrected chi connectivity index (χ0v) is 10.6. The van der Waals surface area contributed by atoms with Crippen molar-refractivity contribution in [2.75, 3.05) is 5.75 Å². The van der Waals surface area contributed by atoms with Crippen LogP contribution in [0.1, 0.15) is 40.0 Å². The van der Waals surface area contributed by atoms with Gasteiger partial charge in [0.15, 0.2) is 0 Å². The number of aromatic nitrogens is 4. The van der Waals surface area contributed by atoms with E-state index in [-0.39, 0.29) is 0 Å². The number of nitrogens with zero attached hydrogens (tertiary/aromatic N) is 4. The molecule has 0 unspecified atom stereocenters. The number of rotatable bonds is 7. The molecule has 0 atom stereocenters. The van der Waals surface area contributed by atoms with Crippen LogP contribution in [0.2, 0.25) is 0 Å². The van der Waals surface area contributed by atoms with Crippen LogP contribution >= 0.6 is 11.8 Å². The summed E-state index contributed by atoms with van der Waals surface area (Å²) in [6, 6.07) is 0. The van der Waals surface area contributed by atoms with Gasteiger partial charge in [0.2, 0.25) is 5.16 Å². The SMILES string of the molecule is CCCCCSc1nnnn1CC(C)C. The molecule has 0 saturated heterocycles. The lowest BCUT2D eigenvalue weighted by atomic mass is 10.2. The molecule has 15 heavy (non-hydrogen) atoms. The molecule has 4 nitrogen and oxygen atoms in total. The van der Waals surface area contributed by atoms with Gasteiger partial charge in [-0.25, -0.2) is 4.68 Å². The maximum atomic E-state index is 4.03. The van der Waals surface area contributed by atoms with E-state index in [1.54, 1.807) is 11.8 Å². The number of hydrogen-bond acceptors (Lipinski definition) is 4. The van der Waals surface area contributed by atoms with Crippen molar-refractivity contribution in [1.82, 2.24) is 20.2 Å². The Morgan fingerprint density at radius 2 is 2.13 bits per heavy atom. The third kappa shape index (κ3) is 4.64. The topological polar surface area (TPSA) is 43.6 Å². The van der Waals surface area contributed by atoms with E-state index < -0.39 is 0 Å². The second-order valence-corrected chi connectivity index (χ2v) is 5.16. The highest BCUT2D eigenvalue weighted by Crippen LogP contribution is 2.16. The summed E-state index contributed by atoms with van der Waals surface area (Å²) in [5, 5.41) is 12.7. The van der Waals surface area contributed by atoms with Gasteiger partial charge in [-0.1, -0.05) is 45.4 Å². The molecule has 1 aromatic heterocycles. The average Bonchev–Trinajstić information content (AvgIpc) is 2.59. The molecule has 5 heteroatoms. The van der Waals surface area contributed by atoms with Crippen molar-refractivity contribution in [2.24, 2.45) is 5.92 Å². The van der Waals surface area contributed by atoms with Gasteiger partial charge in [0, 0.05) is 12.3 Å². The molecule has 0 aliphatic rings. The maximum absolute atomic E-state index is 4.03. The zero-order valence-electron chi connectivity index (χ0n) is 9.81. The summed E-state index contributed by atoms with van der Waals surface area (Å²) in [5.41, 5.74) is 0. The van der Waals surface area contributed by atoms with Gasteiger partial charge >= 0.3 is 0 Å². The molecular formula is C10H20N4S. The molecule has 86 valence electrons. The Kier molecular flexibility index (Phi) is 5.68. The molecule has 0 radical (unpaired) electrons. The monoisotopic (exact) mass is 228 g/mol. The van der Waals surface area contributed by atoms with Gasteiger partial charge in [0.05, 0.1) is 0 Å². The zero-order chi connectivity index (χ0) is 11.1. The van der Waals surface area contributed by atoms with E-state index in [0.717, 1.165) is 17.5 Å². The highest BCUT2D eigenvalue weighted by atomic mass is 32.2. The van der Waals surface area contributed by atoms with E-state index in [0.29, 0.717) is 5.92 Å². The van der Waals surface area contributed by atoms with E-state index in [4.69, 9.17) is 0 Å². The van der Waals surface area contributed by atoms with Gasteiger partial charge in [-0.05, 0) is 22.8 Å². The first-order chi connectivity index (χ1) is 7.24. The Morgan fingerprint density at radius 1 is 1.33 bits per heavy atom. The molecule has 0 saturated carbocycles. The van der Waals surface area contributed by atoms with E-state index in [9.17, 15) is 0 Å². The van der Waals surface area contributed by atoms with Crippen LogP contribution in [0.5, 0.6) is 0 Å². The summed E-state index contributed by atoms with van der Waals surface area (Å²) in [4.78, 5) is 0.